The third-order valence-electron chi connectivity index (χ3n) is 3.59. The average Bonchev–Trinajstić information content (AvgIpc) is 2.47. The Morgan fingerprint density at radius 2 is 2.10 bits per heavy atom. The largest absolute Gasteiger partial charge is 0.370 e. The second kappa shape index (κ2) is 6.86. The number of carbonyl (C=O) groups is 1. The van der Waals surface area contributed by atoms with Crippen LogP contribution in [0.25, 0.3) is 0 Å². The van der Waals surface area contributed by atoms with Gasteiger partial charge in [0.05, 0.1) is 19.2 Å². The SMILES string of the molecule is CC(C)CC(N)C(=O)N1CCOC(c2ccccc2)C1. The number of ether oxygens (including phenoxy) is 1. The number of morpholine rings is 1. The number of nitrogens with zero attached hydrogens (tertiary/aromatic N) is 1. The molecule has 1 aromatic carbocycles. The van der Waals surface area contributed by atoms with E-state index >= 15 is 0 Å². The summed E-state index contributed by atoms with van der Waals surface area (Å²) in [5, 5.41) is 0. The summed E-state index contributed by atoms with van der Waals surface area (Å²) in [6.45, 7) is 5.96. The van der Waals surface area contributed by atoms with E-state index in [4.69, 9.17) is 10.5 Å². The van der Waals surface area contributed by atoms with E-state index in [1.54, 1.807) is 0 Å². The van der Waals surface area contributed by atoms with Gasteiger partial charge in [-0.15, -0.1) is 0 Å². The lowest BCUT2D eigenvalue weighted by Gasteiger charge is -2.34. The van der Waals surface area contributed by atoms with E-state index in [9.17, 15) is 4.79 Å². The molecule has 1 aliphatic rings. The van der Waals surface area contributed by atoms with Crippen molar-refractivity contribution in [2.45, 2.75) is 32.4 Å². The fourth-order valence-electron chi connectivity index (χ4n) is 2.56. The molecule has 2 atom stereocenters. The Labute approximate surface area is 120 Å². The van der Waals surface area contributed by atoms with Crippen LogP contribution in [0.5, 0.6) is 0 Å². The molecule has 1 aromatic rings. The molecule has 4 heteroatoms. The Kier molecular flexibility index (Phi) is 5.15. The quantitative estimate of drug-likeness (QED) is 0.914. The number of carbonyl (C=O) groups excluding carboxylic acids is 1. The van der Waals surface area contributed by atoms with Crippen molar-refractivity contribution in [3.8, 4) is 0 Å². The van der Waals surface area contributed by atoms with Gasteiger partial charge in [0, 0.05) is 6.54 Å². The molecule has 0 radical (unpaired) electrons. The summed E-state index contributed by atoms with van der Waals surface area (Å²) < 4.78 is 5.77. The molecule has 0 saturated carbocycles. The summed E-state index contributed by atoms with van der Waals surface area (Å²) in [5.74, 6) is 0.475. The van der Waals surface area contributed by atoms with Crippen LogP contribution >= 0.6 is 0 Å². The maximum atomic E-state index is 12.4. The molecule has 1 aliphatic heterocycles. The highest BCUT2D eigenvalue weighted by Crippen LogP contribution is 2.22. The lowest BCUT2D eigenvalue weighted by atomic mass is 10.0. The summed E-state index contributed by atoms with van der Waals surface area (Å²) in [7, 11) is 0. The fraction of sp³-hybridized carbons (Fsp3) is 0.562. The Bertz CT molecular complexity index is 433. The molecule has 20 heavy (non-hydrogen) atoms. The van der Waals surface area contributed by atoms with Crippen LogP contribution in [0.4, 0.5) is 0 Å². The first-order chi connectivity index (χ1) is 9.58. The van der Waals surface area contributed by atoms with E-state index in [0.29, 0.717) is 25.6 Å². The number of rotatable bonds is 4. The Morgan fingerprint density at radius 1 is 1.40 bits per heavy atom. The highest BCUT2D eigenvalue weighted by molar-refractivity contribution is 5.81. The van der Waals surface area contributed by atoms with Crippen LogP contribution in [-0.4, -0.2) is 36.5 Å². The molecule has 2 N–H and O–H groups in total. The summed E-state index contributed by atoms with van der Waals surface area (Å²) >= 11 is 0. The van der Waals surface area contributed by atoms with Gasteiger partial charge in [-0.05, 0) is 17.9 Å². The molecular weight excluding hydrogens is 252 g/mol. The van der Waals surface area contributed by atoms with Gasteiger partial charge in [0.1, 0.15) is 6.10 Å². The van der Waals surface area contributed by atoms with E-state index in [1.165, 1.54) is 0 Å². The topological polar surface area (TPSA) is 55.6 Å². The summed E-state index contributed by atoms with van der Waals surface area (Å²) in [6, 6.07) is 9.63. The summed E-state index contributed by atoms with van der Waals surface area (Å²) in [5.41, 5.74) is 7.11. The van der Waals surface area contributed by atoms with Gasteiger partial charge in [0.25, 0.3) is 0 Å². The van der Waals surface area contributed by atoms with Crippen LogP contribution in [0.3, 0.4) is 0 Å². The first-order valence-electron chi connectivity index (χ1n) is 7.29. The smallest absolute Gasteiger partial charge is 0.239 e. The first kappa shape index (κ1) is 15.0. The molecule has 0 aliphatic carbocycles. The van der Waals surface area contributed by atoms with Crippen LogP contribution in [0.2, 0.25) is 0 Å². The van der Waals surface area contributed by atoms with Crippen LogP contribution in [0, 0.1) is 5.92 Å². The second-order valence-electron chi connectivity index (χ2n) is 5.79. The molecule has 4 nitrogen and oxygen atoms in total. The van der Waals surface area contributed by atoms with E-state index in [-0.39, 0.29) is 12.0 Å². The molecule has 1 heterocycles. The van der Waals surface area contributed by atoms with Gasteiger partial charge in [0.2, 0.25) is 5.91 Å². The monoisotopic (exact) mass is 276 g/mol. The molecule has 1 amide bonds. The van der Waals surface area contributed by atoms with Crippen LogP contribution < -0.4 is 5.73 Å². The van der Waals surface area contributed by atoms with Gasteiger partial charge in [-0.3, -0.25) is 4.79 Å². The standard InChI is InChI=1S/C16H24N2O2/c1-12(2)10-14(17)16(19)18-8-9-20-15(11-18)13-6-4-3-5-7-13/h3-7,12,14-15H,8-11,17H2,1-2H3. The maximum absolute atomic E-state index is 12.4. The van der Waals surface area contributed by atoms with Crippen molar-refractivity contribution in [3.63, 3.8) is 0 Å². The van der Waals surface area contributed by atoms with Crippen molar-refractivity contribution < 1.29 is 9.53 Å². The predicted molar refractivity (Wildman–Crippen MR) is 79.1 cm³/mol. The highest BCUT2D eigenvalue weighted by atomic mass is 16.5. The van der Waals surface area contributed by atoms with Gasteiger partial charge >= 0.3 is 0 Å². The molecule has 1 saturated heterocycles. The lowest BCUT2D eigenvalue weighted by Crippen LogP contribution is -2.49. The lowest BCUT2D eigenvalue weighted by molar-refractivity contribution is -0.140. The molecule has 0 aromatic heterocycles. The Morgan fingerprint density at radius 3 is 2.75 bits per heavy atom. The molecule has 0 bridgehead atoms. The van der Waals surface area contributed by atoms with Crippen molar-refractivity contribution in [3.05, 3.63) is 35.9 Å². The third kappa shape index (κ3) is 3.81. The third-order valence-corrected chi connectivity index (χ3v) is 3.59. The van der Waals surface area contributed by atoms with Crippen molar-refractivity contribution in [2.75, 3.05) is 19.7 Å². The predicted octanol–water partition coefficient (Wildman–Crippen LogP) is 1.96. The molecule has 1 fully saturated rings. The van der Waals surface area contributed by atoms with Gasteiger partial charge in [-0.2, -0.15) is 0 Å². The van der Waals surface area contributed by atoms with Gasteiger partial charge in [-0.1, -0.05) is 44.2 Å². The Hall–Kier alpha value is -1.39. The second-order valence-corrected chi connectivity index (χ2v) is 5.79. The van der Waals surface area contributed by atoms with Crippen LogP contribution in [0.15, 0.2) is 30.3 Å². The fourth-order valence-corrected chi connectivity index (χ4v) is 2.56. The van der Waals surface area contributed by atoms with Gasteiger partial charge in [-0.25, -0.2) is 0 Å². The van der Waals surface area contributed by atoms with Gasteiger partial charge in [0.15, 0.2) is 0 Å². The maximum Gasteiger partial charge on any atom is 0.239 e. The molecule has 0 spiro atoms. The minimum atomic E-state index is -0.399. The number of benzene rings is 1. The minimum Gasteiger partial charge on any atom is -0.370 e. The van der Waals surface area contributed by atoms with E-state index in [2.05, 4.69) is 13.8 Å². The van der Waals surface area contributed by atoms with Crippen molar-refractivity contribution in [1.82, 2.24) is 4.90 Å². The minimum absolute atomic E-state index is 0.0415. The molecule has 110 valence electrons. The van der Waals surface area contributed by atoms with Crippen molar-refractivity contribution in [1.29, 1.82) is 0 Å². The molecular formula is C16H24N2O2. The first-order valence-corrected chi connectivity index (χ1v) is 7.29. The zero-order valence-electron chi connectivity index (χ0n) is 12.3. The number of nitrogens with two attached hydrogens (primary N) is 1. The highest BCUT2D eigenvalue weighted by Gasteiger charge is 2.28. The molecule has 2 unspecified atom stereocenters. The van der Waals surface area contributed by atoms with Crippen molar-refractivity contribution in [2.24, 2.45) is 11.7 Å². The van der Waals surface area contributed by atoms with Gasteiger partial charge < -0.3 is 15.4 Å². The van der Waals surface area contributed by atoms with Crippen molar-refractivity contribution >= 4 is 5.91 Å². The van der Waals surface area contributed by atoms with E-state index in [1.807, 2.05) is 35.2 Å². The zero-order chi connectivity index (χ0) is 14.5. The number of hydrogen-bond acceptors (Lipinski definition) is 3. The van der Waals surface area contributed by atoms with Crippen LogP contribution in [0.1, 0.15) is 31.9 Å². The van der Waals surface area contributed by atoms with E-state index < -0.39 is 6.04 Å². The van der Waals surface area contributed by atoms with Crippen LogP contribution in [-0.2, 0) is 9.53 Å². The average molecular weight is 276 g/mol. The molecule has 2 rings (SSSR count). The number of amides is 1. The normalized spacial score (nSPS) is 21.0. The van der Waals surface area contributed by atoms with E-state index in [0.717, 1.165) is 12.0 Å². The Balaban J connectivity index is 1.98. The number of hydrogen-bond donors (Lipinski definition) is 1. The summed E-state index contributed by atoms with van der Waals surface area (Å²) in [4.78, 5) is 14.2. The summed E-state index contributed by atoms with van der Waals surface area (Å²) in [6.07, 6.45) is 0.687. The zero-order valence-corrected chi connectivity index (χ0v) is 12.3.